The number of fused-ring (bicyclic) bond motifs is 1. The van der Waals surface area contributed by atoms with E-state index in [9.17, 15) is 9.90 Å². The molecule has 0 atom stereocenters. The van der Waals surface area contributed by atoms with Gasteiger partial charge in [-0.15, -0.1) is 0 Å². The lowest BCUT2D eigenvalue weighted by molar-refractivity contribution is 0.174. The number of carbonyl (C=O) groups is 1. The standard InChI is InChI=1S/C19H21ClN2O4/c20-16-4-1-15(2-5-16)12-22(9-10-23)19(24)21-8-7-14-3-6-17-18(11-14)26-13-25-17/h1-6,11,23H,7-10,12-13H2,(H,21,24). The van der Waals surface area contributed by atoms with E-state index in [0.29, 0.717) is 24.5 Å². The van der Waals surface area contributed by atoms with E-state index in [1.54, 1.807) is 17.0 Å². The molecule has 26 heavy (non-hydrogen) atoms. The minimum absolute atomic E-state index is 0.0941. The average molecular weight is 377 g/mol. The lowest BCUT2D eigenvalue weighted by atomic mass is 10.1. The summed E-state index contributed by atoms with van der Waals surface area (Å²) in [6, 6.07) is 12.8. The van der Waals surface area contributed by atoms with Gasteiger partial charge < -0.3 is 24.8 Å². The normalized spacial score (nSPS) is 12.1. The van der Waals surface area contributed by atoms with E-state index in [2.05, 4.69) is 5.32 Å². The third-order valence-electron chi connectivity index (χ3n) is 4.07. The van der Waals surface area contributed by atoms with Gasteiger partial charge in [0.25, 0.3) is 0 Å². The van der Waals surface area contributed by atoms with Crippen molar-refractivity contribution in [3.8, 4) is 11.5 Å². The van der Waals surface area contributed by atoms with E-state index in [1.807, 2.05) is 30.3 Å². The minimum Gasteiger partial charge on any atom is -0.454 e. The van der Waals surface area contributed by atoms with Gasteiger partial charge in [-0.3, -0.25) is 0 Å². The van der Waals surface area contributed by atoms with Gasteiger partial charge in [0.05, 0.1) is 6.61 Å². The molecule has 0 bridgehead atoms. The van der Waals surface area contributed by atoms with Crippen LogP contribution in [-0.2, 0) is 13.0 Å². The van der Waals surface area contributed by atoms with Crippen LogP contribution in [0.4, 0.5) is 4.79 Å². The Morgan fingerprint density at radius 3 is 2.62 bits per heavy atom. The lowest BCUT2D eigenvalue weighted by Gasteiger charge is -2.22. The Kier molecular flexibility index (Phi) is 6.20. The van der Waals surface area contributed by atoms with Gasteiger partial charge in [-0.05, 0) is 41.8 Å². The van der Waals surface area contributed by atoms with Crippen LogP contribution >= 0.6 is 11.6 Å². The fourth-order valence-corrected chi connectivity index (χ4v) is 2.83. The molecule has 6 nitrogen and oxygen atoms in total. The SMILES string of the molecule is O=C(NCCc1ccc2c(c1)OCO2)N(CCO)Cc1ccc(Cl)cc1. The summed E-state index contributed by atoms with van der Waals surface area (Å²) in [7, 11) is 0. The third kappa shape index (κ3) is 4.80. The summed E-state index contributed by atoms with van der Waals surface area (Å²) in [4.78, 5) is 14.0. The predicted octanol–water partition coefficient (Wildman–Crippen LogP) is 2.82. The van der Waals surface area contributed by atoms with Gasteiger partial charge >= 0.3 is 6.03 Å². The number of urea groups is 1. The zero-order chi connectivity index (χ0) is 18.4. The number of ether oxygens (including phenoxy) is 2. The zero-order valence-electron chi connectivity index (χ0n) is 14.3. The van der Waals surface area contributed by atoms with E-state index in [-0.39, 0.29) is 26.0 Å². The highest BCUT2D eigenvalue weighted by molar-refractivity contribution is 6.30. The topological polar surface area (TPSA) is 71.0 Å². The van der Waals surface area contributed by atoms with Crippen molar-refractivity contribution in [2.45, 2.75) is 13.0 Å². The number of amides is 2. The lowest BCUT2D eigenvalue weighted by Crippen LogP contribution is -2.41. The second-order valence-corrected chi connectivity index (χ2v) is 6.38. The van der Waals surface area contributed by atoms with Gasteiger partial charge in [-0.2, -0.15) is 0 Å². The van der Waals surface area contributed by atoms with Crippen LogP contribution in [0.2, 0.25) is 5.02 Å². The number of nitrogens with zero attached hydrogens (tertiary/aromatic N) is 1. The van der Waals surface area contributed by atoms with Crippen molar-refractivity contribution >= 4 is 17.6 Å². The van der Waals surface area contributed by atoms with Crippen LogP contribution in [0.25, 0.3) is 0 Å². The number of halogens is 1. The molecule has 1 heterocycles. The molecule has 0 saturated heterocycles. The molecule has 0 fully saturated rings. The number of carbonyl (C=O) groups excluding carboxylic acids is 1. The number of hydrogen-bond donors (Lipinski definition) is 2. The van der Waals surface area contributed by atoms with Gasteiger partial charge in [-0.1, -0.05) is 29.8 Å². The van der Waals surface area contributed by atoms with Crippen molar-refractivity contribution in [1.82, 2.24) is 10.2 Å². The minimum atomic E-state index is -0.213. The predicted molar refractivity (Wildman–Crippen MR) is 98.6 cm³/mol. The number of nitrogens with one attached hydrogen (secondary N) is 1. The Hall–Kier alpha value is -2.44. The molecule has 0 saturated carbocycles. The molecule has 2 aromatic carbocycles. The van der Waals surface area contributed by atoms with Crippen LogP contribution in [0, 0.1) is 0 Å². The van der Waals surface area contributed by atoms with Crippen LogP contribution in [0.5, 0.6) is 11.5 Å². The molecule has 0 radical (unpaired) electrons. The average Bonchev–Trinajstić information content (AvgIpc) is 3.11. The molecule has 0 spiro atoms. The highest BCUT2D eigenvalue weighted by Gasteiger charge is 2.15. The summed E-state index contributed by atoms with van der Waals surface area (Å²) in [5.74, 6) is 1.48. The van der Waals surface area contributed by atoms with Crippen LogP contribution < -0.4 is 14.8 Å². The molecule has 2 aromatic rings. The number of hydrogen-bond acceptors (Lipinski definition) is 4. The first kappa shape index (κ1) is 18.4. The van der Waals surface area contributed by atoms with E-state index >= 15 is 0 Å². The Morgan fingerprint density at radius 2 is 1.85 bits per heavy atom. The first-order valence-electron chi connectivity index (χ1n) is 8.42. The van der Waals surface area contributed by atoms with Crippen molar-refractivity contribution in [2.75, 3.05) is 26.5 Å². The van der Waals surface area contributed by atoms with Crippen LogP contribution in [-0.4, -0.2) is 42.5 Å². The quantitative estimate of drug-likeness (QED) is 0.779. The molecule has 2 amide bonds. The second kappa shape index (κ2) is 8.78. The molecule has 138 valence electrons. The Bertz CT molecular complexity index is 752. The van der Waals surface area contributed by atoms with Crippen LogP contribution in [0.1, 0.15) is 11.1 Å². The molecule has 2 N–H and O–H groups in total. The largest absolute Gasteiger partial charge is 0.454 e. The molecule has 0 aromatic heterocycles. The third-order valence-corrected chi connectivity index (χ3v) is 4.32. The fourth-order valence-electron chi connectivity index (χ4n) is 2.71. The number of rotatable bonds is 7. The van der Waals surface area contributed by atoms with Crippen LogP contribution in [0.15, 0.2) is 42.5 Å². The maximum absolute atomic E-state index is 12.4. The molecule has 0 unspecified atom stereocenters. The molecule has 3 rings (SSSR count). The number of aliphatic hydroxyl groups excluding tert-OH is 1. The van der Waals surface area contributed by atoms with Crippen molar-refractivity contribution in [3.63, 3.8) is 0 Å². The molecular formula is C19H21ClN2O4. The Labute approximate surface area is 157 Å². The monoisotopic (exact) mass is 376 g/mol. The first-order valence-corrected chi connectivity index (χ1v) is 8.80. The van der Waals surface area contributed by atoms with Gasteiger partial charge in [0.1, 0.15) is 0 Å². The van der Waals surface area contributed by atoms with Gasteiger partial charge in [0.2, 0.25) is 6.79 Å². The summed E-state index contributed by atoms with van der Waals surface area (Å²) < 4.78 is 10.6. The van der Waals surface area contributed by atoms with Crippen molar-refractivity contribution < 1.29 is 19.4 Å². The smallest absolute Gasteiger partial charge is 0.317 e. The molecule has 0 aliphatic carbocycles. The van der Waals surface area contributed by atoms with Crippen LogP contribution in [0.3, 0.4) is 0 Å². The van der Waals surface area contributed by atoms with Gasteiger partial charge in [0, 0.05) is 24.7 Å². The fraction of sp³-hybridized carbons (Fsp3) is 0.316. The Morgan fingerprint density at radius 1 is 1.12 bits per heavy atom. The summed E-state index contributed by atoms with van der Waals surface area (Å²) in [6.07, 6.45) is 0.677. The van der Waals surface area contributed by atoms with Gasteiger partial charge in [-0.25, -0.2) is 4.79 Å². The number of benzene rings is 2. The molecule has 1 aliphatic rings. The molecule has 1 aliphatic heterocycles. The highest BCUT2D eigenvalue weighted by Crippen LogP contribution is 2.32. The van der Waals surface area contributed by atoms with E-state index in [1.165, 1.54) is 0 Å². The number of aliphatic hydroxyl groups is 1. The summed E-state index contributed by atoms with van der Waals surface area (Å²) >= 11 is 5.88. The summed E-state index contributed by atoms with van der Waals surface area (Å²) in [5, 5.41) is 12.8. The maximum Gasteiger partial charge on any atom is 0.317 e. The summed E-state index contributed by atoms with van der Waals surface area (Å²) in [6.45, 7) is 1.31. The van der Waals surface area contributed by atoms with E-state index in [0.717, 1.165) is 22.6 Å². The van der Waals surface area contributed by atoms with Gasteiger partial charge in [0.15, 0.2) is 11.5 Å². The van der Waals surface area contributed by atoms with Crippen molar-refractivity contribution in [3.05, 3.63) is 58.6 Å². The van der Waals surface area contributed by atoms with E-state index < -0.39 is 0 Å². The zero-order valence-corrected chi connectivity index (χ0v) is 15.0. The van der Waals surface area contributed by atoms with Crippen molar-refractivity contribution in [2.24, 2.45) is 0 Å². The second-order valence-electron chi connectivity index (χ2n) is 5.94. The highest BCUT2D eigenvalue weighted by atomic mass is 35.5. The summed E-state index contributed by atoms with van der Waals surface area (Å²) in [5.41, 5.74) is 2.01. The van der Waals surface area contributed by atoms with Crippen molar-refractivity contribution in [1.29, 1.82) is 0 Å². The Balaban J connectivity index is 1.51. The van der Waals surface area contributed by atoms with E-state index in [4.69, 9.17) is 21.1 Å². The molecular weight excluding hydrogens is 356 g/mol. The molecule has 7 heteroatoms. The maximum atomic E-state index is 12.4. The first-order chi connectivity index (χ1) is 12.7.